The lowest BCUT2D eigenvalue weighted by Crippen LogP contribution is -2.28. The summed E-state index contributed by atoms with van der Waals surface area (Å²) in [5.41, 5.74) is 2.00. The van der Waals surface area contributed by atoms with Crippen molar-refractivity contribution in [3.05, 3.63) is 41.2 Å². The quantitative estimate of drug-likeness (QED) is 0.758. The van der Waals surface area contributed by atoms with Crippen LogP contribution in [0.25, 0.3) is 22.6 Å². The van der Waals surface area contributed by atoms with Crippen LogP contribution in [0.1, 0.15) is 19.9 Å². The van der Waals surface area contributed by atoms with E-state index in [-0.39, 0.29) is 24.3 Å². The molecule has 0 aromatic carbocycles. The topological polar surface area (TPSA) is 96.7 Å². The minimum absolute atomic E-state index is 0.0885. The summed E-state index contributed by atoms with van der Waals surface area (Å²) in [5.74, 6) is 0.0885. The van der Waals surface area contributed by atoms with Gasteiger partial charge in [0.2, 0.25) is 0 Å². The average Bonchev–Trinajstić information content (AvgIpc) is 2.84. The minimum atomic E-state index is -0.348. The third-order valence-corrected chi connectivity index (χ3v) is 3.67. The molecule has 3 heterocycles. The Kier molecular flexibility index (Phi) is 3.72. The number of hydrogen-bond acceptors (Lipinski definition) is 5. The summed E-state index contributed by atoms with van der Waals surface area (Å²) in [6, 6.07) is 3.35. The first-order chi connectivity index (χ1) is 10.6. The molecule has 7 nitrogen and oxygen atoms in total. The summed E-state index contributed by atoms with van der Waals surface area (Å²) < 4.78 is 1.48. The number of fused-ring (bicyclic) bond motifs is 1. The molecule has 3 rings (SSSR count). The van der Waals surface area contributed by atoms with Crippen LogP contribution in [0.5, 0.6) is 0 Å². The molecule has 0 aliphatic carbocycles. The van der Waals surface area contributed by atoms with E-state index in [9.17, 15) is 9.90 Å². The predicted octanol–water partition coefficient (Wildman–Crippen LogP) is 1.37. The summed E-state index contributed by atoms with van der Waals surface area (Å²) >= 11 is 0. The van der Waals surface area contributed by atoms with Crippen molar-refractivity contribution < 1.29 is 5.11 Å². The normalized spacial score (nSPS) is 12.9. The van der Waals surface area contributed by atoms with Crippen molar-refractivity contribution >= 4 is 11.3 Å². The number of rotatable bonds is 4. The van der Waals surface area contributed by atoms with Gasteiger partial charge in [0.15, 0.2) is 11.3 Å². The molecule has 1 atom stereocenters. The fourth-order valence-electron chi connectivity index (χ4n) is 2.44. The molecule has 114 valence electrons. The zero-order chi connectivity index (χ0) is 15.7. The van der Waals surface area contributed by atoms with Crippen molar-refractivity contribution in [2.45, 2.75) is 19.9 Å². The van der Waals surface area contributed by atoms with Gasteiger partial charge in [0.25, 0.3) is 0 Å². The number of aromatic amines is 1. The number of hydrogen-bond donors (Lipinski definition) is 2. The zero-order valence-corrected chi connectivity index (χ0v) is 12.4. The second kappa shape index (κ2) is 5.69. The first-order valence-electron chi connectivity index (χ1n) is 7.10. The Balaban J connectivity index is 2.21. The van der Waals surface area contributed by atoms with Crippen LogP contribution in [0, 0.1) is 5.92 Å². The minimum Gasteiger partial charge on any atom is -0.394 e. The van der Waals surface area contributed by atoms with Crippen LogP contribution in [0.15, 0.2) is 35.5 Å². The SMILES string of the molecule is CC(C)[C@H](CO)n1c(=O)[nH]c2ncc(-c3cccnc3)nc21. The van der Waals surface area contributed by atoms with Gasteiger partial charge in [0, 0.05) is 18.0 Å². The molecule has 0 aliphatic heterocycles. The number of aliphatic hydroxyl groups is 1. The second-order valence-electron chi connectivity index (χ2n) is 5.46. The van der Waals surface area contributed by atoms with E-state index in [1.165, 1.54) is 4.57 Å². The Morgan fingerprint density at radius 1 is 1.36 bits per heavy atom. The third kappa shape index (κ3) is 2.39. The molecule has 0 saturated heterocycles. The predicted molar refractivity (Wildman–Crippen MR) is 82.3 cm³/mol. The molecule has 0 radical (unpaired) electrons. The van der Waals surface area contributed by atoms with Crippen LogP contribution in [0.2, 0.25) is 0 Å². The van der Waals surface area contributed by atoms with E-state index >= 15 is 0 Å². The Hall–Kier alpha value is -2.54. The Bertz CT molecular complexity index is 838. The highest BCUT2D eigenvalue weighted by atomic mass is 16.3. The molecule has 2 N–H and O–H groups in total. The lowest BCUT2D eigenvalue weighted by molar-refractivity contribution is 0.193. The fourth-order valence-corrected chi connectivity index (χ4v) is 2.44. The van der Waals surface area contributed by atoms with Gasteiger partial charge in [-0.3, -0.25) is 14.5 Å². The van der Waals surface area contributed by atoms with Gasteiger partial charge in [-0.05, 0) is 18.1 Å². The monoisotopic (exact) mass is 299 g/mol. The van der Waals surface area contributed by atoms with Crippen LogP contribution < -0.4 is 5.69 Å². The second-order valence-corrected chi connectivity index (χ2v) is 5.46. The summed E-state index contributed by atoms with van der Waals surface area (Å²) in [5, 5.41) is 9.61. The molecule has 0 aliphatic rings. The molecular formula is C15H17N5O2. The molecule has 0 amide bonds. The number of imidazole rings is 1. The number of nitrogens with zero attached hydrogens (tertiary/aromatic N) is 4. The summed E-state index contributed by atoms with van der Waals surface area (Å²) in [6.07, 6.45) is 4.97. The number of aliphatic hydroxyl groups excluding tert-OH is 1. The zero-order valence-electron chi connectivity index (χ0n) is 12.4. The molecule has 3 aromatic heterocycles. The van der Waals surface area contributed by atoms with Crippen molar-refractivity contribution in [2.75, 3.05) is 6.61 Å². The van der Waals surface area contributed by atoms with Gasteiger partial charge in [0.1, 0.15) is 0 Å². The highest BCUT2D eigenvalue weighted by Crippen LogP contribution is 2.21. The van der Waals surface area contributed by atoms with Crippen molar-refractivity contribution in [2.24, 2.45) is 5.92 Å². The molecule has 22 heavy (non-hydrogen) atoms. The molecule has 3 aromatic rings. The van der Waals surface area contributed by atoms with Crippen molar-refractivity contribution in [1.29, 1.82) is 0 Å². The molecule has 0 fully saturated rings. The molecule has 0 bridgehead atoms. The van der Waals surface area contributed by atoms with Crippen molar-refractivity contribution in [1.82, 2.24) is 24.5 Å². The van der Waals surface area contributed by atoms with Gasteiger partial charge in [-0.25, -0.2) is 14.8 Å². The number of H-pyrrole nitrogens is 1. The maximum absolute atomic E-state index is 12.2. The maximum atomic E-state index is 12.2. The van der Waals surface area contributed by atoms with Gasteiger partial charge >= 0.3 is 5.69 Å². The van der Waals surface area contributed by atoms with Gasteiger partial charge in [-0.2, -0.15) is 0 Å². The first-order valence-corrected chi connectivity index (χ1v) is 7.10. The molecule has 0 unspecified atom stereocenters. The standard InChI is InChI=1S/C15H17N5O2/c1-9(2)12(8-21)20-14-13(19-15(20)22)17-7-11(18-14)10-4-3-5-16-6-10/h3-7,9,12,21H,8H2,1-2H3,(H,17,19,22)/t12-/m0/s1. The number of aromatic nitrogens is 5. The summed E-state index contributed by atoms with van der Waals surface area (Å²) in [4.78, 5) is 27.7. The van der Waals surface area contributed by atoms with Crippen molar-refractivity contribution in [3.63, 3.8) is 0 Å². The van der Waals surface area contributed by atoms with Crippen LogP contribution in [0.3, 0.4) is 0 Å². The van der Waals surface area contributed by atoms with Gasteiger partial charge in [-0.15, -0.1) is 0 Å². The van der Waals surface area contributed by atoms with Crippen molar-refractivity contribution in [3.8, 4) is 11.3 Å². The van der Waals surface area contributed by atoms with E-state index in [1.807, 2.05) is 26.0 Å². The first kappa shape index (κ1) is 14.4. The lowest BCUT2D eigenvalue weighted by Gasteiger charge is -2.19. The number of nitrogens with one attached hydrogen (secondary N) is 1. The largest absolute Gasteiger partial charge is 0.394 e. The fraction of sp³-hybridized carbons (Fsp3) is 0.333. The Labute approximate surface area is 126 Å². The van der Waals surface area contributed by atoms with Crippen LogP contribution in [-0.2, 0) is 0 Å². The van der Waals surface area contributed by atoms with E-state index in [2.05, 4.69) is 19.9 Å². The third-order valence-electron chi connectivity index (χ3n) is 3.67. The Morgan fingerprint density at radius 3 is 2.82 bits per heavy atom. The molecule has 0 spiro atoms. The number of pyridine rings is 1. The highest BCUT2D eigenvalue weighted by molar-refractivity contribution is 5.70. The van der Waals surface area contributed by atoms with Gasteiger partial charge in [-0.1, -0.05) is 13.8 Å². The van der Waals surface area contributed by atoms with E-state index in [4.69, 9.17) is 0 Å². The molecule has 0 saturated carbocycles. The maximum Gasteiger partial charge on any atom is 0.329 e. The van der Waals surface area contributed by atoms with E-state index in [0.29, 0.717) is 17.0 Å². The van der Waals surface area contributed by atoms with Gasteiger partial charge in [0.05, 0.1) is 24.5 Å². The smallest absolute Gasteiger partial charge is 0.329 e. The van der Waals surface area contributed by atoms with E-state index < -0.39 is 0 Å². The van der Waals surface area contributed by atoms with Crippen LogP contribution in [0.4, 0.5) is 0 Å². The average molecular weight is 299 g/mol. The van der Waals surface area contributed by atoms with Gasteiger partial charge < -0.3 is 5.11 Å². The lowest BCUT2D eigenvalue weighted by atomic mass is 10.1. The van der Waals surface area contributed by atoms with Crippen LogP contribution >= 0.6 is 0 Å². The molecule has 7 heteroatoms. The summed E-state index contributed by atoms with van der Waals surface area (Å²) in [7, 11) is 0. The molecular weight excluding hydrogens is 282 g/mol. The van der Waals surface area contributed by atoms with Crippen LogP contribution in [-0.4, -0.2) is 36.2 Å². The summed E-state index contributed by atoms with van der Waals surface area (Å²) in [6.45, 7) is 3.76. The Morgan fingerprint density at radius 2 is 2.18 bits per heavy atom. The highest BCUT2D eigenvalue weighted by Gasteiger charge is 2.21. The van der Waals surface area contributed by atoms with E-state index in [1.54, 1.807) is 18.6 Å². The van der Waals surface area contributed by atoms with E-state index in [0.717, 1.165) is 5.56 Å².